The van der Waals surface area contributed by atoms with Gasteiger partial charge in [0.2, 0.25) is 5.91 Å². The van der Waals surface area contributed by atoms with Crippen molar-refractivity contribution in [2.24, 2.45) is 0 Å². The quantitative estimate of drug-likeness (QED) is 0.0320. The summed E-state index contributed by atoms with van der Waals surface area (Å²) in [6.45, 7) is 4.95. The summed E-state index contributed by atoms with van der Waals surface area (Å²) in [7, 11) is 0. The Kier molecular flexibility index (Phi) is 66.9. The Bertz CT molecular complexity index is 1180. The van der Waals surface area contributed by atoms with Crippen LogP contribution in [0, 0.1) is 0 Å². The fraction of sp³-hybridized carbons (Fsp3) is 0.944. The molecule has 0 aliphatic carbocycles. The fourth-order valence-corrected chi connectivity index (χ4v) is 11.6. The third kappa shape index (κ3) is 63.8. The number of aliphatic hydroxyl groups is 2. The van der Waals surface area contributed by atoms with Crippen molar-refractivity contribution < 1.29 is 24.5 Å². The summed E-state index contributed by atoms with van der Waals surface area (Å²) >= 11 is 0. The summed E-state index contributed by atoms with van der Waals surface area (Å²) in [5.41, 5.74) is 0. The first-order chi connectivity index (χ1) is 38.5. The molecule has 0 aliphatic heterocycles. The average Bonchev–Trinajstić information content (AvgIpc) is 3.44. The number of unbranched alkanes of at least 4 members (excludes halogenated alkanes) is 57. The zero-order valence-electron chi connectivity index (χ0n) is 53.2. The molecule has 0 heterocycles. The van der Waals surface area contributed by atoms with Crippen LogP contribution in [0.1, 0.15) is 412 Å². The summed E-state index contributed by atoms with van der Waals surface area (Å²) in [4.78, 5) is 24.6. The molecule has 2 unspecified atom stereocenters. The van der Waals surface area contributed by atoms with E-state index in [1.807, 2.05) is 6.08 Å². The van der Waals surface area contributed by atoms with Crippen LogP contribution < -0.4 is 5.32 Å². The van der Waals surface area contributed by atoms with E-state index in [0.717, 1.165) is 38.5 Å². The van der Waals surface area contributed by atoms with E-state index in [1.165, 1.54) is 347 Å². The van der Waals surface area contributed by atoms with Crippen LogP contribution in [0.15, 0.2) is 12.2 Å². The zero-order chi connectivity index (χ0) is 56.4. The van der Waals surface area contributed by atoms with Crippen LogP contribution >= 0.6 is 0 Å². The van der Waals surface area contributed by atoms with Gasteiger partial charge in [0.15, 0.2) is 0 Å². The number of esters is 1. The minimum atomic E-state index is -0.842. The molecule has 1 amide bonds. The molecule has 0 aromatic carbocycles. The van der Waals surface area contributed by atoms with E-state index < -0.39 is 12.1 Å². The van der Waals surface area contributed by atoms with E-state index in [-0.39, 0.29) is 18.5 Å². The van der Waals surface area contributed by atoms with E-state index >= 15 is 0 Å². The highest BCUT2D eigenvalue weighted by molar-refractivity contribution is 5.76. The van der Waals surface area contributed by atoms with Crippen LogP contribution in [0.2, 0.25) is 0 Å². The minimum Gasteiger partial charge on any atom is -0.466 e. The van der Waals surface area contributed by atoms with Gasteiger partial charge in [-0.3, -0.25) is 9.59 Å². The van der Waals surface area contributed by atoms with Crippen LogP contribution in [0.3, 0.4) is 0 Å². The van der Waals surface area contributed by atoms with Gasteiger partial charge in [0.1, 0.15) is 0 Å². The summed E-state index contributed by atoms with van der Waals surface area (Å²) in [6, 6.07) is -0.625. The van der Waals surface area contributed by atoms with Crippen LogP contribution in [-0.4, -0.2) is 47.4 Å². The number of ether oxygens (including phenoxy) is 1. The number of aliphatic hydroxyl groups excluding tert-OH is 2. The Morgan fingerprint density at radius 3 is 0.872 bits per heavy atom. The number of carbonyl (C=O) groups excluding carboxylic acids is 2. The van der Waals surface area contributed by atoms with Crippen LogP contribution in [0.25, 0.3) is 0 Å². The van der Waals surface area contributed by atoms with Gasteiger partial charge in [-0.1, -0.05) is 379 Å². The van der Waals surface area contributed by atoms with Crippen molar-refractivity contribution in [2.75, 3.05) is 13.2 Å². The van der Waals surface area contributed by atoms with Gasteiger partial charge in [0.25, 0.3) is 0 Å². The Morgan fingerprint density at radius 1 is 0.346 bits per heavy atom. The molecule has 0 rings (SSSR count). The minimum absolute atomic E-state index is 0.0224. The molecule has 464 valence electrons. The Labute approximate surface area is 489 Å². The number of amides is 1. The average molecular weight is 1100 g/mol. The molecule has 0 aromatic heterocycles. The standard InChI is InChI=1S/C72H141NO5/c1-3-5-7-9-11-13-15-17-19-20-34-37-40-44-48-52-56-60-64-70(75)69(68-74)73-71(76)65-61-57-53-49-45-41-38-35-32-30-28-26-24-22-21-23-25-27-29-31-33-36-39-43-47-51-55-59-63-67-78-72(77)66-62-58-54-50-46-42-18-16-14-12-10-8-6-4-2/h60,64,69-70,74-75H,3-59,61-63,65-68H2,1-2H3,(H,73,76)/b64-60+. The second-order valence-electron chi connectivity index (χ2n) is 24.9. The van der Waals surface area contributed by atoms with Crippen molar-refractivity contribution in [1.29, 1.82) is 0 Å². The van der Waals surface area contributed by atoms with Gasteiger partial charge in [-0.05, 0) is 32.1 Å². The highest BCUT2D eigenvalue weighted by Gasteiger charge is 2.18. The molecular weight excluding hydrogens is 959 g/mol. The zero-order valence-corrected chi connectivity index (χ0v) is 53.2. The van der Waals surface area contributed by atoms with E-state index in [1.54, 1.807) is 6.08 Å². The Hall–Kier alpha value is -1.40. The highest BCUT2D eigenvalue weighted by atomic mass is 16.5. The van der Waals surface area contributed by atoms with Gasteiger partial charge in [0.05, 0.1) is 25.4 Å². The SMILES string of the molecule is CCCCCCCCCCCCCCCCCC/C=C/C(O)C(CO)NC(=O)CCCCCCCCCCCCCCCCCCCCCCCCCCCCCCCOC(=O)CCCCCCCCCCCCCCCC. The molecule has 0 fully saturated rings. The van der Waals surface area contributed by atoms with E-state index in [2.05, 4.69) is 19.2 Å². The van der Waals surface area contributed by atoms with Crippen LogP contribution in [-0.2, 0) is 14.3 Å². The van der Waals surface area contributed by atoms with Crippen LogP contribution in [0.4, 0.5) is 0 Å². The van der Waals surface area contributed by atoms with Crippen molar-refractivity contribution in [3.05, 3.63) is 12.2 Å². The normalized spacial score (nSPS) is 12.5. The van der Waals surface area contributed by atoms with Gasteiger partial charge < -0.3 is 20.3 Å². The van der Waals surface area contributed by atoms with Crippen LogP contribution in [0.5, 0.6) is 0 Å². The lowest BCUT2D eigenvalue weighted by Gasteiger charge is -2.20. The Balaban J connectivity index is 3.35. The highest BCUT2D eigenvalue weighted by Crippen LogP contribution is 2.19. The lowest BCUT2D eigenvalue weighted by atomic mass is 10.0. The molecule has 6 heteroatoms. The third-order valence-corrected chi connectivity index (χ3v) is 17.1. The summed E-state index contributed by atoms with van der Waals surface area (Å²) < 4.78 is 5.50. The largest absolute Gasteiger partial charge is 0.466 e. The molecular formula is C72H141NO5. The molecule has 0 aromatic rings. The lowest BCUT2D eigenvalue weighted by molar-refractivity contribution is -0.143. The molecule has 2 atom stereocenters. The number of allylic oxidation sites excluding steroid dienone is 1. The fourth-order valence-electron chi connectivity index (χ4n) is 11.6. The Morgan fingerprint density at radius 2 is 0.590 bits per heavy atom. The van der Waals surface area contributed by atoms with Gasteiger partial charge in [0, 0.05) is 12.8 Å². The number of nitrogens with one attached hydrogen (secondary N) is 1. The second kappa shape index (κ2) is 68.1. The van der Waals surface area contributed by atoms with Crippen molar-refractivity contribution in [1.82, 2.24) is 5.32 Å². The van der Waals surface area contributed by atoms with Crippen molar-refractivity contribution in [3.8, 4) is 0 Å². The molecule has 0 bridgehead atoms. The molecule has 78 heavy (non-hydrogen) atoms. The molecule has 0 saturated heterocycles. The molecule has 3 N–H and O–H groups in total. The molecule has 0 saturated carbocycles. The van der Waals surface area contributed by atoms with E-state index in [9.17, 15) is 19.8 Å². The first kappa shape index (κ1) is 76.6. The van der Waals surface area contributed by atoms with Gasteiger partial charge in [-0.15, -0.1) is 0 Å². The number of carbonyl (C=O) groups is 2. The third-order valence-electron chi connectivity index (χ3n) is 17.1. The predicted octanol–water partition coefficient (Wildman–Crippen LogP) is 23.1. The lowest BCUT2D eigenvalue weighted by Crippen LogP contribution is -2.45. The maximum Gasteiger partial charge on any atom is 0.305 e. The number of hydrogen-bond acceptors (Lipinski definition) is 5. The topological polar surface area (TPSA) is 95.9 Å². The van der Waals surface area contributed by atoms with E-state index in [4.69, 9.17) is 4.74 Å². The summed E-state index contributed by atoms with van der Waals surface area (Å²) in [6.07, 6.45) is 84.4. The first-order valence-corrected chi connectivity index (χ1v) is 36.0. The molecule has 0 spiro atoms. The van der Waals surface area contributed by atoms with Gasteiger partial charge in [-0.2, -0.15) is 0 Å². The maximum absolute atomic E-state index is 12.5. The smallest absolute Gasteiger partial charge is 0.305 e. The predicted molar refractivity (Wildman–Crippen MR) is 343 cm³/mol. The van der Waals surface area contributed by atoms with Gasteiger partial charge >= 0.3 is 5.97 Å². The van der Waals surface area contributed by atoms with Gasteiger partial charge in [-0.25, -0.2) is 0 Å². The first-order valence-electron chi connectivity index (χ1n) is 36.0. The van der Waals surface area contributed by atoms with Crippen molar-refractivity contribution >= 4 is 11.9 Å². The molecule has 0 radical (unpaired) electrons. The number of hydrogen-bond donors (Lipinski definition) is 3. The summed E-state index contributed by atoms with van der Waals surface area (Å²) in [5, 5.41) is 23.2. The molecule has 6 nitrogen and oxygen atoms in total. The van der Waals surface area contributed by atoms with Crippen molar-refractivity contribution in [2.45, 2.75) is 424 Å². The second-order valence-corrected chi connectivity index (χ2v) is 24.9. The van der Waals surface area contributed by atoms with Crippen molar-refractivity contribution in [3.63, 3.8) is 0 Å². The summed E-state index contributed by atoms with van der Waals surface area (Å²) in [5.74, 6) is -0.0380. The number of rotatable bonds is 68. The maximum atomic E-state index is 12.5. The molecule has 0 aliphatic rings. The van der Waals surface area contributed by atoms with E-state index in [0.29, 0.717) is 19.4 Å². The monoisotopic (exact) mass is 1100 g/mol.